The monoisotopic (exact) mass is 239 g/mol. The summed E-state index contributed by atoms with van der Waals surface area (Å²) in [5.41, 5.74) is 0. The Morgan fingerprint density at radius 2 is 2.00 bits per heavy atom. The first kappa shape index (κ1) is 12.8. The molecule has 1 saturated carbocycles. The van der Waals surface area contributed by atoms with E-state index in [2.05, 4.69) is 24.1 Å². The predicted molar refractivity (Wildman–Crippen MR) is 68.9 cm³/mol. The molecule has 2 rings (SSSR count). The van der Waals surface area contributed by atoms with Gasteiger partial charge in [-0.2, -0.15) is 0 Å². The molecule has 1 amide bonds. The Labute approximate surface area is 104 Å². The molecule has 1 aliphatic carbocycles. The van der Waals surface area contributed by atoms with E-state index < -0.39 is 0 Å². The van der Waals surface area contributed by atoms with Crippen molar-refractivity contribution >= 4 is 5.91 Å². The van der Waals surface area contributed by atoms with E-state index in [1.54, 1.807) is 0 Å². The third kappa shape index (κ3) is 3.68. The van der Waals surface area contributed by atoms with Gasteiger partial charge in [0.1, 0.15) is 0 Å². The summed E-state index contributed by atoms with van der Waals surface area (Å²) >= 11 is 0. The van der Waals surface area contributed by atoms with E-state index >= 15 is 0 Å². The van der Waals surface area contributed by atoms with Gasteiger partial charge in [0.2, 0.25) is 5.91 Å². The maximum atomic E-state index is 12.0. The standard InChI is InChI=1S/C13H25N3O/c1-11(2)16(12-3-4-12)8-5-13(17)15-9-6-14-7-10-15/h11-12,14H,3-10H2,1-2H3. The van der Waals surface area contributed by atoms with Gasteiger partial charge in [-0.25, -0.2) is 0 Å². The maximum absolute atomic E-state index is 12.0. The highest BCUT2D eigenvalue weighted by atomic mass is 16.2. The molecule has 0 aromatic carbocycles. The lowest BCUT2D eigenvalue weighted by molar-refractivity contribution is -0.132. The minimum atomic E-state index is 0.331. The molecule has 1 aliphatic heterocycles. The number of hydrogen-bond donors (Lipinski definition) is 1. The number of rotatable bonds is 5. The first-order valence-electron chi connectivity index (χ1n) is 6.92. The molecule has 2 aliphatic rings. The van der Waals surface area contributed by atoms with Crippen LogP contribution in [-0.4, -0.2) is 60.5 Å². The van der Waals surface area contributed by atoms with Crippen molar-refractivity contribution in [3.63, 3.8) is 0 Å². The van der Waals surface area contributed by atoms with Crippen LogP contribution >= 0.6 is 0 Å². The zero-order chi connectivity index (χ0) is 12.3. The summed E-state index contributed by atoms with van der Waals surface area (Å²) in [5.74, 6) is 0.331. The third-order valence-corrected chi connectivity index (χ3v) is 3.73. The number of hydrogen-bond acceptors (Lipinski definition) is 3. The lowest BCUT2D eigenvalue weighted by Gasteiger charge is -2.30. The van der Waals surface area contributed by atoms with E-state index in [-0.39, 0.29) is 0 Å². The van der Waals surface area contributed by atoms with Crippen molar-refractivity contribution in [2.75, 3.05) is 32.7 Å². The quantitative estimate of drug-likeness (QED) is 0.766. The smallest absolute Gasteiger partial charge is 0.223 e. The Kier molecular flexibility index (Phi) is 4.40. The van der Waals surface area contributed by atoms with Crippen molar-refractivity contribution in [3.05, 3.63) is 0 Å². The average Bonchev–Trinajstić information content (AvgIpc) is 3.14. The summed E-state index contributed by atoms with van der Waals surface area (Å²) in [7, 11) is 0. The van der Waals surface area contributed by atoms with Crippen LogP contribution in [0.5, 0.6) is 0 Å². The molecular formula is C13H25N3O. The number of piperazine rings is 1. The second-order valence-electron chi connectivity index (χ2n) is 5.44. The lowest BCUT2D eigenvalue weighted by Crippen LogP contribution is -2.47. The van der Waals surface area contributed by atoms with Crippen LogP contribution in [0.2, 0.25) is 0 Å². The first-order chi connectivity index (χ1) is 8.18. The van der Waals surface area contributed by atoms with Crippen molar-refractivity contribution in [3.8, 4) is 0 Å². The number of nitrogens with one attached hydrogen (secondary N) is 1. The molecule has 1 N–H and O–H groups in total. The van der Waals surface area contributed by atoms with E-state index in [4.69, 9.17) is 0 Å². The van der Waals surface area contributed by atoms with Crippen LogP contribution in [-0.2, 0) is 4.79 Å². The van der Waals surface area contributed by atoms with Gasteiger partial charge >= 0.3 is 0 Å². The van der Waals surface area contributed by atoms with Crippen LogP contribution in [0.4, 0.5) is 0 Å². The molecule has 4 nitrogen and oxygen atoms in total. The molecule has 0 aromatic rings. The van der Waals surface area contributed by atoms with E-state index in [0.29, 0.717) is 18.4 Å². The summed E-state index contributed by atoms with van der Waals surface area (Å²) in [6.07, 6.45) is 3.33. The Balaban J connectivity index is 1.73. The average molecular weight is 239 g/mol. The summed E-state index contributed by atoms with van der Waals surface area (Å²) in [4.78, 5) is 16.5. The number of carbonyl (C=O) groups is 1. The fourth-order valence-corrected chi connectivity index (χ4v) is 2.57. The molecule has 0 bridgehead atoms. The predicted octanol–water partition coefficient (Wildman–Crippen LogP) is 0.681. The SMILES string of the molecule is CC(C)N(CCC(=O)N1CCNCC1)C1CC1. The molecule has 1 heterocycles. The Morgan fingerprint density at radius 1 is 1.35 bits per heavy atom. The first-order valence-corrected chi connectivity index (χ1v) is 6.92. The molecule has 2 fully saturated rings. The van der Waals surface area contributed by atoms with Gasteiger partial charge < -0.3 is 10.2 Å². The van der Waals surface area contributed by atoms with Gasteiger partial charge in [0.05, 0.1) is 0 Å². The largest absolute Gasteiger partial charge is 0.340 e. The maximum Gasteiger partial charge on any atom is 0.223 e. The topological polar surface area (TPSA) is 35.6 Å². The molecule has 0 spiro atoms. The summed E-state index contributed by atoms with van der Waals surface area (Å²) in [6, 6.07) is 1.32. The highest BCUT2D eigenvalue weighted by Gasteiger charge is 2.31. The molecule has 17 heavy (non-hydrogen) atoms. The van der Waals surface area contributed by atoms with Gasteiger partial charge in [0, 0.05) is 51.2 Å². The zero-order valence-electron chi connectivity index (χ0n) is 11.1. The van der Waals surface area contributed by atoms with Gasteiger partial charge in [0.15, 0.2) is 0 Å². The van der Waals surface area contributed by atoms with E-state index in [9.17, 15) is 4.79 Å². The Bertz CT molecular complexity index is 255. The molecular weight excluding hydrogens is 214 g/mol. The van der Waals surface area contributed by atoms with Gasteiger partial charge in [0.25, 0.3) is 0 Å². The van der Waals surface area contributed by atoms with Crippen molar-refractivity contribution in [1.29, 1.82) is 0 Å². The third-order valence-electron chi connectivity index (χ3n) is 3.73. The summed E-state index contributed by atoms with van der Waals surface area (Å²) in [5, 5.41) is 3.28. The second kappa shape index (κ2) is 5.83. The molecule has 1 saturated heterocycles. The van der Waals surface area contributed by atoms with Crippen molar-refractivity contribution < 1.29 is 4.79 Å². The summed E-state index contributed by atoms with van der Waals surface area (Å²) in [6.45, 7) is 9.05. The van der Waals surface area contributed by atoms with Crippen LogP contribution in [0.25, 0.3) is 0 Å². The second-order valence-corrected chi connectivity index (χ2v) is 5.44. The minimum absolute atomic E-state index is 0.331. The van der Waals surface area contributed by atoms with Gasteiger partial charge in [-0.3, -0.25) is 9.69 Å². The molecule has 0 radical (unpaired) electrons. The van der Waals surface area contributed by atoms with E-state index in [1.807, 2.05) is 4.90 Å². The van der Waals surface area contributed by atoms with Crippen LogP contribution in [0.15, 0.2) is 0 Å². The van der Waals surface area contributed by atoms with Crippen molar-refractivity contribution in [1.82, 2.24) is 15.1 Å². The molecule has 0 unspecified atom stereocenters. The van der Waals surface area contributed by atoms with Crippen LogP contribution in [0, 0.1) is 0 Å². The van der Waals surface area contributed by atoms with Crippen LogP contribution in [0.3, 0.4) is 0 Å². The van der Waals surface area contributed by atoms with Gasteiger partial charge in [-0.15, -0.1) is 0 Å². The number of nitrogens with zero attached hydrogens (tertiary/aromatic N) is 2. The van der Waals surface area contributed by atoms with Crippen molar-refractivity contribution in [2.24, 2.45) is 0 Å². The zero-order valence-corrected chi connectivity index (χ0v) is 11.1. The normalized spacial score (nSPS) is 21.3. The van der Waals surface area contributed by atoms with Gasteiger partial charge in [-0.05, 0) is 26.7 Å². The Morgan fingerprint density at radius 3 is 2.53 bits per heavy atom. The molecule has 0 atom stereocenters. The lowest BCUT2D eigenvalue weighted by atomic mass is 10.2. The van der Waals surface area contributed by atoms with Crippen LogP contribution < -0.4 is 5.32 Å². The number of amides is 1. The van der Waals surface area contributed by atoms with Crippen LogP contribution in [0.1, 0.15) is 33.1 Å². The fourth-order valence-electron chi connectivity index (χ4n) is 2.57. The summed E-state index contributed by atoms with van der Waals surface area (Å²) < 4.78 is 0. The van der Waals surface area contributed by atoms with Gasteiger partial charge in [-0.1, -0.05) is 0 Å². The number of carbonyl (C=O) groups excluding carboxylic acids is 1. The Hall–Kier alpha value is -0.610. The molecule has 4 heteroatoms. The van der Waals surface area contributed by atoms with E-state index in [1.165, 1.54) is 12.8 Å². The van der Waals surface area contributed by atoms with E-state index in [0.717, 1.165) is 38.8 Å². The minimum Gasteiger partial charge on any atom is -0.340 e. The fraction of sp³-hybridized carbons (Fsp3) is 0.923. The highest BCUT2D eigenvalue weighted by molar-refractivity contribution is 5.76. The highest BCUT2D eigenvalue weighted by Crippen LogP contribution is 2.28. The van der Waals surface area contributed by atoms with Crippen molar-refractivity contribution in [2.45, 2.75) is 45.2 Å². The molecule has 0 aromatic heterocycles. The molecule has 98 valence electrons.